The van der Waals surface area contributed by atoms with Crippen molar-refractivity contribution in [2.45, 2.75) is 11.4 Å². The fourth-order valence-corrected chi connectivity index (χ4v) is 3.96. The van der Waals surface area contributed by atoms with E-state index in [-0.39, 0.29) is 22.7 Å². The van der Waals surface area contributed by atoms with Crippen molar-refractivity contribution in [3.63, 3.8) is 0 Å². The minimum Gasteiger partial charge on any atom is -0.452 e. The highest BCUT2D eigenvalue weighted by molar-refractivity contribution is 7.92. The third-order valence-corrected chi connectivity index (χ3v) is 6.14. The average molecular weight is 493 g/mol. The minimum atomic E-state index is -3.96. The van der Waals surface area contributed by atoms with Crippen molar-refractivity contribution >= 4 is 50.8 Å². The maximum absolute atomic E-state index is 12.6. The number of benzene rings is 3. The van der Waals surface area contributed by atoms with Crippen molar-refractivity contribution in [3.05, 3.63) is 94.0 Å². The number of rotatable bonds is 8. The standard InChI is InChI=1S/C22H18Cl2N2O5S/c23-16-7-5-15(6-8-16)13-25-21(27)14-31-22(28)19-3-1-2-4-20(19)26-32(29,30)18-11-9-17(24)10-12-18/h1-12,26H,13-14H2,(H,25,27). The van der Waals surface area contributed by atoms with E-state index in [9.17, 15) is 18.0 Å². The van der Waals surface area contributed by atoms with Crippen molar-refractivity contribution < 1.29 is 22.7 Å². The predicted octanol–water partition coefficient (Wildman–Crippen LogP) is 4.27. The molecule has 3 aromatic rings. The number of anilines is 1. The van der Waals surface area contributed by atoms with Gasteiger partial charge in [-0.2, -0.15) is 0 Å². The SMILES string of the molecule is O=C(COC(=O)c1ccccc1NS(=O)(=O)c1ccc(Cl)cc1)NCc1ccc(Cl)cc1. The highest BCUT2D eigenvalue weighted by Gasteiger charge is 2.20. The number of nitrogens with one attached hydrogen (secondary N) is 2. The van der Waals surface area contributed by atoms with Crippen LogP contribution in [0, 0.1) is 0 Å². The van der Waals surface area contributed by atoms with Crippen LogP contribution in [0.25, 0.3) is 0 Å². The van der Waals surface area contributed by atoms with E-state index in [1.54, 1.807) is 36.4 Å². The van der Waals surface area contributed by atoms with Crippen LogP contribution in [0.2, 0.25) is 10.0 Å². The Hall–Kier alpha value is -3.07. The van der Waals surface area contributed by atoms with Gasteiger partial charge in [0, 0.05) is 16.6 Å². The molecule has 0 aliphatic carbocycles. The summed E-state index contributed by atoms with van der Waals surface area (Å²) in [7, 11) is -3.96. The molecule has 0 atom stereocenters. The van der Waals surface area contributed by atoms with Crippen LogP contribution in [0.5, 0.6) is 0 Å². The zero-order valence-corrected chi connectivity index (χ0v) is 18.9. The summed E-state index contributed by atoms with van der Waals surface area (Å²) in [6, 6.07) is 18.4. The Morgan fingerprint density at radius 3 is 2.09 bits per heavy atom. The summed E-state index contributed by atoms with van der Waals surface area (Å²) < 4.78 is 32.6. The van der Waals surface area contributed by atoms with E-state index in [2.05, 4.69) is 10.0 Å². The van der Waals surface area contributed by atoms with Crippen LogP contribution in [-0.2, 0) is 26.1 Å². The second-order valence-electron chi connectivity index (χ2n) is 6.58. The minimum absolute atomic E-state index is 0.0216. The largest absolute Gasteiger partial charge is 0.452 e. The molecule has 0 saturated carbocycles. The van der Waals surface area contributed by atoms with E-state index in [0.29, 0.717) is 10.0 Å². The van der Waals surface area contributed by atoms with Crippen LogP contribution >= 0.6 is 23.2 Å². The normalized spacial score (nSPS) is 10.9. The molecule has 0 unspecified atom stereocenters. The van der Waals surface area contributed by atoms with E-state index >= 15 is 0 Å². The van der Waals surface area contributed by atoms with Gasteiger partial charge < -0.3 is 10.1 Å². The number of halogens is 2. The average Bonchev–Trinajstić information content (AvgIpc) is 2.77. The number of hydrogen-bond donors (Lipinski definition) is 2. The quantitative estimate of drug-likeness (QED) is 0.457. The molecule has 10 heteroatoms. The molecular weight excluding hydrogens is 475 g/mol. The summed E-state index contributed by atoms with van der Waals surface area (Å²) in [6.07, 6.45) is 0. The van der Waals surface area contributed by atoms with Crippen LogP contribution in [0.15, 0.2) is 77.7 Å². The number of hydrogen-bond acceptors (Lipinski definition) is 5. The first-order valence-corrected chi connectivity index (χ1v) is 11.5. The molecule has 166 valence electrons. The Morgan fingerprint density at radius 1 is 0.844 bits per heavy atom. The number of carbonyl (C=O) groups excluding carboxylic acids is 2. The lowest BCUT2D eigenvalue weighted by Gasteiger charge is -2.12. The summed E-state index contributed by atoms with van der Waals surface area (Å²) in [4.78, 5) is 24.5. The fraction of sp³-hybridized carbons (Fsp3) is 0.0909. The maximum atomic E-state index is 12.6. The van der Waals surface area contributed by atoms with E-state index < -0.39 is 28.5 Å². The van der Waals surface area contributed by atoms with E-state index in [1.807, 2.05) is 0 Å². The third kappa shape index (κ3) is 6.46. The molecule has 0 spiro atoms. The van der Waals surface area contributed by atoms with Crippen LogP contribution in [0.4, 0.5) is 5.69 Å². The van der Waals surface area contributed by atoms with Gasteiger partial charge in [0.05, 0.1) is 16.1 Å². The van der Waals surface area contributed by atoms with Gasteiger partial charge in [-0.3, -0.25) is 9.52 Å². The molecule has 7 nitrogen and oxygen atoms in total. The summed E-state index contributed by atoms with van der Waals surface area (Å²) in [6.45, 7) is -0.282. The Balaban J connectivity index is 1.61. The molecule has 0 saturated heterocycles. The third-order valence-electron chi connectivity index (χ3n) is 4.25. The number of sulfonamides is 1. The Morgan fingerprint density at radius 2 is 1.44 bits per heavy atom. The molecule has 0 bridgehead atoms. The fourth-order valence-electron chi connectivity index (χ4n) is 2.63. The summed E-state index contributed by atoms with van der Waals surface area (Å²) >= 11 is 11.6. The van der Waals surface area contributed by atoms with Gasteiger partial charge in [0.2, 0.25) is 0 Å². The van der Waals surface area contributed by atoms with Gasteiger partial charge in [0.1, 0.15) is 0 Å². The number of amides is 1. The maximum Gasteiger partial charge on any atom is 0.340 e. The molecule has 0 fully saturated rings. The van der Waals surface area contributed by atoms with E-state index in [0.717, 1.165) is 5.56 Å². The molecule has 0 aliphatic rings. The number of ether oxygens (including phenoxy) is 1. The molecule has 2 N–H and O–H groups in total. The topological polar surface area (TPSA) is 102 Å². The molecule has 3 aromatic carbocycles. The van der Waals surface area contributed by atoms with Gasteiger partial charge in [0.15, 0.2) is 6.61 Å². The first kappa shape index (κ1) is 23.6. The van der Waals surface area contributed by atoms with Gasteiger partial charge in [-0.1, -0.05) is 47.5 Å². The second kappa shape index (κ2) is 10.5. The van der Waals surface area contributed by atoms with E-state index in [1.165, 1.54) is 36.4 Å². The smallest absolute Gasteiger partial charge is 0.340 e. The summed E-state index contributed by atoms with van der Waals surface area (Å²) in [5, 5.41) is 3.60. The van der Waals surface area contributed by atoms with E-state index in [4.69, 9.17) is 27.9 Å². The molecule has 0 heterocycles. The van der Waals surface area contributed by atoms with Crippen molar-refractivity contribution in [2.75, 3.05) is 11.3 Å². The highest BCUT2D eigenvalue weighted by atomic mass is 35.5. The lowest BCUT2D eigenvalue weighted by Crippen LogP contribution is -2.28. The predicted molar refractivity (Wildman–Crippen MR) is 122 cm³/mol. The van der Waals surface area contributed by atoms with Crippen LogP contribution < -0.4 is 10.0 Å². The molecule has 0 aliphatic heterocycles. The van der Waals surface area contributed by atoms with Crippen molar-refractivity contribution in [1.29, 1.82) is 0 Å². The second-order valence-corrected chi connectivity index (χ2v) is 9.14. The molecule has 3 rings (SSSR count). The van der Waals surface area contributed by atoms with Crippen molar-refractivity contribution in [3.8, 4) is 0 Å². The van der Waals surface area contributed by atoms with Gasteiger partial charge in [-0.25, -0.2) is 13.2 Å². The van der Waals surface area contributed by atoms with Crippen molar-refractivity contribution in [2.24, 2.45) is 0 Å². The Bertz CT molecular complexity index is 1210. The highest BCUT2D eigenvalue weighted by Crippen LogP contribution is 2.22. The monoisotopic (exact) mass is 492 g/mol. The van der Waals surface area contributed by atoms with Gasteiger partial charge in [-0.05, 0) is 54.1 Å². The first-order chi connectivity index (χ1) is 15.2. The number of esters is 1. The lowest BCUT2D eigenvalue weighted by atomic mass is 10.2. The molecule has 32 heavy (non-hydrogen) atoms. The number of carbonyl (C=O) groups is 2. The van der Waals surface area contributed by atoms with Crippen LogP contribution in [-0.4, -0.2) is 26.9 Å². The Kier molecular flexibility index (Phi) is 7.74. The summed E-state index contributed by atoms with van der Waals surface area (Å²) in [5.74, 6) is -1.35. The molecule has 1 amide bonds. The molecule has 0 aromatic heterocycles. The zero-order valence-electron chi connectivity index (χ0n) is 16.5. The molecular formula is C22H18Cl2N2O5S. The van der Waals surface area contributed by atoms with Gasteiger partial charge in [0.25, 0.3) is 15.9 Å². The van der Waals surface area contributed by atoms with Crippen LogP contribution in [0.3, 0.4) is 0 Å². The first-order valence-electron chi connectivity index (χ1n) is 9.30. The van der Waals surface area contributed by atoms with Gasteiger partial charge >= 0.3 is 5.97 Å². The van der Waals surface area contributed by atoms with Gasteiger partial charge in [-0.15, -0.1) is 0 Å². The van der Waals surface area contributed by atoms with Crippen molar-refractivity contribution in [1.82, 2.24) is 5.32 Å². The van der Waals surface area contributed by atoms with Crippen LogP contribution in [0.1, 0.15) is 15.9 Å². The number of para-hydroxylation sites is 1. The lowest BCUT2D eigenvalue weighted by molar-refractivity contribution is -0.124. The molecule has 0 radical (unpaired) electrons. The summed E-state index contributed by atoms with van der Waals surface area (Å²) in [5.41, 5.74) is 0.820. The Labute approximate surface area is 195 Å². The zero-order chi connectivity index (χ0) is 23.1.